The molecule has 0 bridgehead atoms. The van der Waals surface area contributed by atoms with Gasteiger partial charge in [0.2, 0.25) is 0 Å². The Balaban J connectivity index is 1.94. The minimum Gasteiger partial charge on any atom is -0.291 e. The number of unbranched alkanes of at least 4 members (excludes halogenated alkanes) is 1. The maximum Gasteiger partial charge on any atom is 0.0246 e. The van der Waals surface area contributed by atoms with Crippen LogP contribution < -0.4 is 0 Å². The standard InChI is InChI=1S/C17H28NP/c1-4-6-11-19(3)14-18-12-16-10-7-9-15(8-5-2)17(16)13-18/h7,9-10H,4-6,8,11-14H2,1-3H3. The van der Waals surface area contributed by atoms with E-state index >= 15 is 0 Å². The van der Waals surface area contributed by atoms with E-state index in [4.69, 9.17) is 0 Å². The van der Waals surface area contributed by atoms with Crippen molar-refractivity contribution in [2.75, 3.05) is 19.1 Å². The Morgan fingerprint density at radius 2 is 2.00 bits per heavy atom. The molecule has 1 aliphatic heterocycles. The number of nitrogens with zero attached hydrogens (tertiary/aromatic N) is 1. The second kappa shape index (κ2) is 7.41. The molecule has 0 fully saturated rings. The molecule has 1 aromatic carbocycles. The van der Waals surface area contributed by atoms with Gasteiger partial charge >= 0.3 is 0 Å². The average Bonchev–Trinajstić information content (AvgIpc) is 2.80. The molecule has 1 unspecified atom stereocenters. The normalized spacial score (nSPS) is 16.6. The maximum atomic E-state index is 2.67. The summed E-state index contributed by atoms with van der Waals surface area (Å²) in [7, 11) is 0.208. The van der Waals surface area contributed by atoms with E-state index in [0.29, 0.717) is 0 Å². The molecular weight excluding hydrogens is 249 g/mol. The van der Waals surface area contributed by atoms with Crippen LogP contribution in [0.25, 0.3) is 0 Å². The molecule has 106 valence electrons. The molecule has 2 heteroatoms. The Kier molecular flexibility index (Phi) is 5.85. The van der Waals surface area contributed by atoms with Crippen LogP contribution in [0.4, 0.5) is 0 Å². The second-order valence-corrected chi connectivity index (χ2v) is 8.31. The third kappa shape index (κ3) is 4.04. The van der Waals surface area contributed by atoms with E-state index < -0.39 is 0 Å². The van der Waals surface area contributed by atoms with Crippen molar-refractivity contribution in [2.24, 2.45) is 0 Å². The van der Waals surface area contributed by atoms with E-state index in [1.54, 1.807) is 16.7 Å². The molecule has 1 nitrogen and oxygen atoms in total. The van der Waals surface area contributed by atoms with Crippen LogP contribution in [0.15, 0.2) is 18.2 Å². The van der Waals surface area contributed by atoms with Gasteiger partial charge in [0, 0.05) is 19.4 Å². The first-order valence-corrected chi connectivity index (χ1v) is 9.91. The van der Waals surface area contributed by atoms with Crippen LogP contribution in [0.5, 0.6) is 0 Å². The Hall–Kier alpha value is -0.390. The van der Waals surface area contributed by atoms with Gasteiger partial charge in [-0.25, -0.2) is 0 Å². The van der Waals surface area contributed by atoms with Crippen LogP contribution in [-0.2, 0) is 19.5 Å². The molecule has 1 atom stereocenters. The molecule has 0 saturated heterocycles. The fourth-order valence-electron chi connectivity index (χ4n) is 3.00. The van der Waals surface area contributed by atoms with Crippen LogP contribution >= 0.6 is 7.92 Å². The lowest BCUT2D eigenvalue weighted by atomic mass is 10.0. The van der Waals surface area contributed by atoms with Gasteiger partial charge in [-0.3, -0.25) is 4.90 Å². The largest absolute Gasteiger partial charge is 0.291 e. The lowest BCUT2D eigenvalue weighted by Gasteiger charge is -2.20. The minimum absolute atomic E-state index is 0.208. The monoisotopic (exact) mass is 277 g/mol. The molecule has 19 heavy (non-hydrogen) atoms. The van der Waals surface area contributed by atoms with Crippen LogP contribution in [0.3, 0.4) is 0 Å². The molecule has 2 rings (SSSR count). The summed E-state index contributed by atoms with van der Waals surface area (Å²) < 4.78 is 0. The van der Waals surface area contributed by atoms with Gasteiger partial charge < -0.3 is 0 Å². The van der Waals surface area contributed by atoms with E-state index in [-0.39, 0.29) is 7.92 Å². The lowest BCUT2D eigenvalue weighted by Crippen LogP contribution is -2.17. The molecule has 0 aromatic heterocycles. The second-order valence-electron chi connectivity index (χ2n) is 5.87. The van der Waals surface area contributed by atoms with E-state index in [9.17, 15) is 0 Å². The Morgan fingerprint density at radius 1 is 1.16 bits per heavy atom. The topological polar surface area (TPSA) is 3.24 Å². The van der Waals surface area contributed by atoms with Crippen molar-refractivity contribution < 1.29 is 0 Å². The number of benzene rings is 1. The van der Waals surface area contributed by atoms with Crippen LogP contribution in [0, 0.1) is 0 Å². The average molecular weight is 277 g/mol. The first-order valence-electron chi connectivity index (χ1n) is 7.75. The number of rotatable bonds is 7. The summed E-state index contributed by atoms with van der Waals surface area (Å²) >= 11 is 0. The van der Waals surface area contributed by atoms with E-state index in [0.717, 1.165) is 0 Å². The number of hydrogen-bond donors (Lipinski definition) is 0. The molecule has 1 aliphatic rings. The first-order chi connectivity index (χ1) is 9.24. The molecular formula is C17H28NP. The quantitative estimate of drug-likeness (QED) is 0.646. The molecule has 1 aromatic rings. The van der Waals surface area contributed by atoms with Crippen LogP contribution in [0.2, 0.25) is 0 Å². The van der Waals surface area contributed by atoms with Crippen molar-refractivity contribution in [3.05, 3.63) is 34.9 Å². The Bertz CT molecular complexity index is 402. The number of aryl methyl sites for hydroxylation is 1. The number of fused-ring (bicyclic) bond motifs is 1. The summed E-state index contributed by atoms with van der Waals surface area (Å²) in [6.45, 7) is 9.44. The SMILES string of the molecule is CCCCP(C)CN1Cc2cccc(CCC)c2C1. The third-order valence-electron chi connectivity index (χ3n) is 4.00. The summed E-state index contributed by atoms with van der Waals surface area (Å²) in [5, 5.41) is 0. The number of hydrogen-bond acceptors (Lipinski definition) is 1. The van der Waals surface area contributed by atoms with Gasteiger partial charge in [0.15, 0.2) is 0 Å². The highest BCUT2D eigenvalue weighted by molar-refractivity contribution is 7.56. The van der Waals surface area contributed by atoms with E-state index in [2.05, 4.69) is 43.6 Å². The molecule has 0 spiro atoms. The minimum atomic E-state index is 0.208. The summed E-state index contributed by atoms with van der Waals surface area (Å²) in [6, 6.07) is 6.91. The molecule has 0 aliphatic carbocycles. The van der Waals surface area contributed by atoms with Crippen molar-refractivity contribution in [3.8, 4) is 0 Å². The van der Waals surface area contributed by atoms with Crippen LogP contribution in [0.1, 0.15) is 49.8 Å². The molecule has 0 radical (unpaired) electrons. The van der Waals surface area contributed by atoms with Gasteiger partial charge in [0.25, 0.3) is 0 Å². The summed E-state index contributed by atoms with van der Waals surface area (Å²) in [6.07, 6.45) is 8.02. The fraction of sp³-hybridized carbons (Fsp3) is 0.647. The van der Waals surface area contributed by atoms with E-state index in [1.807, 2.05) is 0 Å². The van der Waals surface area contributed by atoms with Crippen molar-refractivity contribution in [1.29, 1.82) is 0 Å². The summed E-state index contributed by atoms with van der Waals surface area (Å²) in [5.41, 5.74) is 4.82. The first kappa shape index (κ1) is 15.0. The highest BCUT2D eigenvalue weighted by Gasteiger charge is 2.21. The van der Waals surface area contributed by atoms with Crippen LogP contribution in [-0.4, -0.2) is 24.0 Å². The van der Waals surface area contributed by atoms with Gasteiger partial charge in [-0.1, -0.05) is 52.8 Å². The summed E-state index contributed by atoms with van der Waals surface area (Å²) in [5.74, 6) is 0. The van der Waals surface area contributed by atoms with Gasteiger partial charge in [-0.2, -0.15) is 0 Å². The smallest absolute Gasteiger partial charge is 0.0246 e. The highest BCUT2D eigenvalue weighted by atomic mass is 31.1. The van der Waals surface area contributed by atoms with Crippen molar-refractivity contribution in [1.82, 2.24) is 4.90 Å². The third-order valence-corrected chi connectivity index (χ3v) is 5.96. The van der Waals surface area contributed by atoms with Crippen molar-refractivity contribution >= 4 is 7.92 Å². The Morgan fingerprint density at radius 3 is 2.74 bits per heavy atom. The van der Waals surface area contributed by atoms with Gasteiger partial charge in [-0.05, 0) is 42.4 Å². The van der Waals surface area contributed by atoms with E-state index in [1.165, 1.54) is 51.2 Å². The Labute approximate surface area is 120 Å². The lowest BCUT2D eigenvalue weighted by molar-refractivity contribution is 0.334. The molecule has 0 saturated carbocycles. The maximum absolute atomic E-state index is 2.67. The predicted molar refractivity (Wildman–Crippen MR) is 87.2 cm³/mol. The zero-order valence-electron chi connectivity index (χ0n) is 12.8. The van der Waals surface area contributed by atoms with Crippen molar-refractivity contribution in [3.63, 3.8) is 0 Å². The molecule has 1 heterocycles. The fourth-order valence-corrected chi connectivity index (χ4v) is 4.88. The zero-order valence-corrected chi connectivity index (χ0v) is 13.7. The zero-order chi connectivity index (χ0) is 13.7. The van der Waals surface area contributed by atoms with Crippen molar-refractivity contribution in [2.45, 2.75) is 52.6 Å². The summed E-state index contributed by atoms with van der Waals surface area (Å²) in [4.78, 5) is 2.67. The van der Waals surface area contributed by atoms with Gasteiger partial charge in [0.05, 0.1) is 0 Å². The molecule has 0 N–H and O–H groups in total. The predicted octanol–water partition coefficient (Wildman–Crippen LogP) is 4.82. The van der Waals surface area contributed by atoms with Gasteiger partial charge in [0.1, 0.15) is 0 Å². The van der Waals surface area contributed by atoms with Gasteiger partial charge in [-0.15, -0.1) is 0 Å². The molecule has 0 amide bonds. The highest BCUT2D eigenvalue weighted by Crippen LogP contribution is 2.36.